The molecule has 1 aliphatic heterocycles. The van der Waals surface area contributed by atoms with Gasteiger partial charge in [0.05, 0.1) is 24.4 Å². The van der Waals surface area contributed by atoms with E-state index in [9.17, 15) is 13.5 Å². The van der Waals surface area contributed by atoms with Gasteiger partial charge in [-0.1, -0.05) is 0 Å². The lowest BCUT2D eigenvalue weighted by Crippen LogP contribution is -2.41. The van der Waals surface area contributed by atoms with Gasteiger partial charge in [0, 0.05) is 13.7 Å². The zero-order valence-electron chi connectivity index (χ0n) is 11.3. The van der Waals surface area contributed by atoms with E-state index in [0.717, 1.165) is 0 Å². The maximum absolute atomic E-state index is 12.6. The van der Waals surface area contributed by atoms with Crippen LogP contribution in [0.1, 0.15) is 24.7 Å². The van der Waals surface area contributed by atoms with Gasteiger partial charge in [0.25, 0.3) is 0 Å². The highest BCUT2D eigenvalue weighted by Crippen LogP contribution is 2.27. The number of sulfonamides is 1. The second kappa shape index (κ2) is 5.20. The molecule has 1 aromatic heterocycles. The minimum atomic E-state index is -3.69. The SMILES string of the molecule is Cc1[nH]nc(CO)c1S(=O)(=O)N(C)C1CCOC1C. The Balaban J connectivity index is 2.39. The van der Waals surface area contributed by atoms with E-state index in [-0.39, 0.29) is 22.7 Å². The van der Waals surface area contributed by atoms with Crippen LogP contribution < -0.4 is 0 Å². The Labute approximate surface area is 112 Å². The van der Waals surface area contributed by atoms with Crippen LogP contribution >= 0.6 is 0 Å². The second-order valence-corrected chi connectivity index (χ2v) is 6.67. The molecule has 2 N–H and O–H groups in total. The highest BCUT2D eigenvalue weighted by molar-refractivity contribution is 7.89. The molecule has 0 saturated carbocycles. The summed E-state index contributed by atoms with van der Waals surface area (Å²) in [6.07, 6.45) is 0.534. The van der Waals surface area contributed by atoms with Crippen molar-refractivity contribution in [3.8, 4) is 0 Å². The Morgan fingerprint density at radius 1 is 1.58 bits per heavy atom. The van der Waals surface area contributed by atoms with E-state index in [1.165, 1.54) is 4.31 Å². The summed E-state index contributed by atoms with van der Waals surface area (Å²) in [5, 5.41) is 15.6. The number of nitrogens with zero attached hydrogens (tertiary/aromatic N) is 2. The van der Waals surface area contributed by atoms with Crippen molar-refractivity contribution in [3.05, 3.63) is 11.4 Å². The molecular formula is C11H19N3O4S. The lowest BCUT2D eigenvalue weighted by atomic mass is 10.2. The van der Waals surface area contributed by atoms with Crippen molar-refractivity contribution < 1.29 is 18.3 Å². The molecule has 7 nitrogen and oxygen atoms in total. The fourth-order valence-corrected chi connectivity index (χ4v) is 4.20. The van der Waals surface area contributed by atoms with Gasteiger partial charge in [0.15, 0.2) is 0 Å². The van der Waals surface area contributed by atoms with Crippen LogP contribution in [0, 0.1) is 6.92 Å². The van der Waals surface area contributed by atoms with Crippen LogP contribution in [0.3, 0.4) is 0 Å². The normalized spacial score (nSPS) is 24.3. The highest BCUT2D eigenvalue weighted by Gasteiger charge is 2.37. The maximum Gasteiger partial charge on any atom is 0.246 e. The number of ether oxygens (including phenoxy) is 1. The number of hydrogen-bond donors (Lipinski definition) is 2. The Morgan fingerprint density at radius 2 is 2.26 bits per heavy atom. The van der Waals surface area contributed by atoms with Crippen LogP contribution in [-0.4, -0.2) is 53.8 Å². The average Bonchev–Trinajstić information content (AvgIpc) is 2.94. The molecule has 0 radical (unpaired) electrons. The fourth-order valence-electron chi connectivity index (χ4n) is 2.44. The number of H-pyrrole nitrogens is 1. The molecule has 2 atom stereocenters. The number of nitrogens with one attached hydrogen (secondary N) is 1. The number of aliphatic hydroxyl groups excluding tert-OH is 1. The van der Waals surface area contributed by atoms with Gasteiger partial charge in [-0.15, -0.1) is 0 Å². The minimum Gasteiger partial charge on any atom is -0.390 e. The van der Waals surface area contributed by atoms with Gasteiger partial charge >= 0.3 is 0 Å². The van der Waals surface area contributed by atoms with Crippen LogP contribution in [0.25, 0.3) is 0 Å². The number of aromatic nitrogens is 2. The van der Waals surface area contributed by atoms with Gasteiger partial charge < -0.3 is 9.84 Å². The molecular weight excluding hydrogens is 270 g/mol. The summed E-state index contributed by atoms with van der Waals surface area (Å²) in [5.74, 6) is 0. The van der Waals surface area contributed by atoms with Crippen LogP contribution in [0.15, 0.2) is 4.90 Å². The highest BCUT2D eigenvalue weighted by atomic mass is 32.2. The summed E-state index contributed by atoms with van der Waals surface area (Å²) in [5.41, 5.74) is 0.582. The van der Waals surface area contributed by atoms with Gasteiger partial charge in [-0.3, -0.25) is 5.10 Å². The molecule has 1 saturated heterocycles. The average molecular weight is 289 g/mol. The Morgan fingerprint density at radius 3 is 2.79 bits per heavy atom. The molecule has 2 heterocycles. The summed E-state index contributed by atoms with van der Waals surface area (Å²) < 4.78 is 32.0. The van der Waals surface area contributed by atoms with Crippen molar-refractivity contribution in [1.82, 2.24) is 14.5 Å². The number of rotatable bonds is 4. The number of hydrogen-bond acceptors (Lipinski definition) is 5. The monoisotopic (exact) mass is 289 g/mol. The zero-order chi connectivity index (χ0) is 14.2. The summed E-state index contributed by atoms with van der Waals surface area (Å²) in [7, 11) is -2.15. The van der Waals surface area contributed by atoms with Crippen molar-refractivity contribution >= 4 is 10.0 Å². The molecule has 0 amide bonds. The third-order valence-corrected chi connectivity index (χ3v) is 5.64. The van der Waals surface area contributed by atoms with Gasteiger partial charge in [0.2, 0.25) is 10.0 Å². The predicted molar refractivity (Wildman–Crippen MR) is 68.0 cm³/mol. The first-order chi connectivity index (χ1) is 8.89. The second-order valence-electron chi connectivity index (χ2n) is 4.74. The first-order valence-electron chi connectivity index (χ1n) is 6.14. The molecule has 0 aromatic carbocycles. The van der Waals surface area contributed by atoms with E-state index < -0.39 is 16.6 Å². The molecule has 19 heavy (non-hydrogen) atoms. The Bertz CT molecular complexity index is 554. The lowest BCUT2D eigenvalue weighted by Gasteiger charge is -2.26. The largest absolute Gasteiger partial charge is 0.390 e. The summed E-state index contributed by atoms with van der Waals surface area (Å²) in [4.78, 5) is 0.0663. The van der Waals surface area contributed by atoms with E-state index in [1.54, 1.807) is 14.0 Å². The first kappa shape index (κ1) is 14.4. The topological polar surface area (TPSA) is 95.5 Å². The van der Waals surface area contributed by atoms with E-state index in [2.05, 4.69) is 10.2 Å². The molecule has 2 unspecified atom stereocenters. The van der Waals surface area contributed by atoms with Crippen LogP contribution in [0.4, 0.5) is 0 Å². The third kappa shape index (κ3) is 2.40. The maximum atomic E-state index is 12.6. The molecule has 2 rings (SSSR count). The van der Waals surface area contributed by atoms with E-state index in [0.29, 0.717) is 18.7 Å². The van der Waals surface area contributed by atoms with Crippen LogP contribution in [-0.2, 0) is 21.4 Å². The van der Waals surface area contributed by atoms with Gasteiger partial charge in [-0.25, -0.2) is 8.42 Å². The van der Waals surface area contributed by atoms with Crippen molar-refractivity contribution in [1.29, 1.82) is 0 Å². The number of likely N-dealkylation sites (N-methyl/N-ethyl adjacent to an activating group) is 1. The lowest BCUT2D eigenvalue weighted by molar-refractivity contribution is 0.102. The van der Waals surface area contributed by atoms with Crippen molar-refractivity contribution in [2.45, 2.75) is 43.9 Å². The fraction of sp³-hybridized carbons (Fsp3) is 0.727. The molecule has 108 valence electrons. The van der Waals surface area contributed by atoms with Crippen molar-refractivity contribution in [2.75, 3.05) is 13.7 Å². The standard InChI is InChI=1S/C11H19N3O4S/c1-7-11(9(6-15)13-12-7)19(16,17)14(3)10-4-5-18-8(10)2/h8,10,15H,4-6H2,1-3H3,(H,12,13). The molecule has 1 aliphatic rings. The minimum absolute atomic E-state index is 0.0663. The molecule has 0 spiro atoms. The smallest absolute Gasteiger partial charge is 0.246 e. The summed E-state index contributed by atoms with van der Waals surface area (Å²) in [6, 6.07) is -0.189. The summed E-state index contributed by atoms with van der Waals surface area (Å²) in [6.45, 7) is 3.63. The van der Waals surface area contributed by atoms with Crippen LogP contribution in [0.5, 0.6) is 0 Å². The zero-order valence-corrected chi connectivity index (χ0v) is 12.1. The number of aryl methyl sites for hydroxylation is 1. The number of aromatic amines is 1. The van der Waals surface area contributed by atoms with Gasteiger partial charge in [-0.05, 0) is 20.3 Å². The van der Waals surface area contributed by atoms with E-state index in [4.69, 9.17) is 4.74 Å². The van der Waals surface area contributed by atoms with E-state index in [1.807, 2.05) is 6.92 Å². The molecule has 8 heteroatoms. The van der Waals surface area contributed by atoms with Crippen LogP contribution in [0.2, 0.25) is 0 Å². The number of aliphatic hydroxyl groups is 1. The Hall–Kier alpha value is -0.960. The van der Waals surface area contributed by atoms with Crippen molar-refractivity contribution in [3.63, 3.8) is 0 Å². The first-order valence-corrected chi connectivity index (χ1v) is 7.58. The molecule has 0 bridgehead atoms. The molecule has 1 aromatic rings. The van der Waals surface area contributed by atoms with E-state index >= 15 is 0 Å². The predicted octanol–water partition coefficient (Wildman–Crippen LogP) is 0.00832. The third-order valence-electron chi connectivity index (χ3n) is 3.55. The van der Waals surface area contributed by atoms with Gasteiger partial charge in [0.1, 0.15) is 10.6 Å². The quantitative estimate of drug-likeness (QED) is 0.814. The molecule has 0 aliphatic carbocycles. The Kier molecular flexibility index (Phi) is 3.95. The van der Waals surface area contributed by atoms with Crippen molar-refractivity contribution in [2.24, 2.45) is 0 Å². The summed E-state index contributed by atoms with van der Waals surface area (Å²) >= 11 is 0. The van der Waals surface area contributed by atoms with Gasteiger partial charge in [-0.2, -0.15) is 9.40 Å². The molecule has 1 fully saturated rings.